The summed E-state index contributed by atoms with van der Waals surface area (Å²) >= 11 is 0. The molecule has 2 N–H and O–H groups in total. The van der Waals surface area contributed by atoms with E-state index in [2.05, 4.69) is 20.6 Å². The number of rotatable bonds is 4. The Morgan fingerprint density at radius 1 is 1.40 bits per heavy atom. The molecule has 0 atom stereocenters. The van der Waals surface area contributed by atoms with Crippen molar-refractivity contribution in [3.05, 3.63) is 17.8 Å². The van der Waals surface area contributed by atoms with E-state index in [1.807, 2.05) is 20.8 Å². The number of hydrogen-bond donors (Lipinski definition) is 2. The van der Waals surface area contributed by atoms with Gasteiger partial charge in [-0.1, -0.05) is 20.8 Å². The molecule has 0 saturated heterocycles. The largest absolute Gasteiger partial charge is 0.443 e. The smallest absolute Gasteiger partial charge is 0.255 e. The highest BCUT2D eigenvalue weighted by atomic mass is 127. The van der Waals surface area contributed by atoms with E-state index in [4.69, 9.17) is 4.42 Å². The highest BCUT2D eigenvalue weighted by molar-refractivity contribution is 14.0. The lowest BCUT2D eigenvalue weighted by Gasteiger charge is -2.13. The fourth-order valence-corrected chi connectivity index (χ4v) is 1.29. The Labute approximate surface area is 134 Å². The summed E-state index contributed by atoms with van der Waals surface area (Å²) < 4.78 is 29.7. The second-order valence-electron chi connectivity index (χ2n) is 5.07. The summed E-state index contributed by atoms with van der Waals surface area (Å²) in [5.41, 5.74) is -0.110. The molecular formula is C12H21F2IN4O. The molecule has 20 heavy (non-hydrogen) atoms. The van der Waals surface area contributed by atoms with Crippen molar-refractivity contribution in [1.29, 1.82) is 0 Å². The summed E-state index contributed by atoms with van der Waals surface area (Å²) in [5.74, 6) is 1.56. The van der Waals surface area contributed by atoms with Crippen LogP contribution in [0.2, 0.25) is 0 Å². The number of alkyl halides is 2. The van der Waals surface area contributed by atoms with Gasteiger partial charge in [-0.3, -0.25) is 4.99 Å². The Morgan fingerprint density at radius 3 is 2.50 bits per heavy atom. The van der Waals surface area contributed by atoms with E-state index in [0.717, 1.165) is 5.76 Å². The quantitative estimate of drug-likeness (QED) is 0.462. The number of nitrogens with one attached hydrogen (secondary N) is 2. The SMILES string of the molecule is CN=C(NCc1ncc(C(C)(C)C)o1)NCC(F)F.I. The van der Waals surface area contributed by atoms with Gasteiger partial charge in [0.15, 0.2) is 5.96 Å². The molecule has 0 bridgehead atoms. The lowest BCUT2D eigenvalue weighted by molar-refractivity contribution is 0.152. The molecule has 0 radical (unpaired) electrons. The third kappa shape index (κ3) is 6.49. The van der Waals surface area contributed by atoms with Gasteiger partial charge >= 0.3 is 0 Å². The van der Waals surface area contributed by atoms with Gasteiger partial charge in [0.2, 0.25) is 5.89 Å². The van der Waals surface area contributed by atoms with Crippen LogP contribution in [-0.2, 0) is 12.0 Å². The lowest BCUT2D eigenvalue weighted by atomic mass is 9.94. The van der Waals surface area contributed by atoms with Gasteiger partial charge in [-0.25, -0.2) is 13.8 Å². The number of nitrogens with zero attached hydrogens (tertiary/aromatic N) is 2. The first kappa shape index (κ1) is 19.1. The molecule has 1 heterocycles. The van der Waals surface area contributed by atoms with Crippen LogP contribution in [0.5, 0.6) is 0 Å². The van der Waals surface area contributed by atoms with Crippen LogP contribution in [0.3, 0.4) is 0 Å². The van der Waals surface area contributed by atoms with Crippen LogP contribution in [0.1, 0.15) is 32.4 Å². The zero-order valence-corrected chi connectivity index (χ0v) is 14.4. The van der Waals surface area contributed by atoms with E-state index in [1.165, 1.54) is 7.05 Å². The minimum atomic E-state index is -2.42. The molecule has 0 aromatic carbocycles. The van der Waals surface area contributed by atoms with Gasteiger partial charge in [-0.15, -0.1) is 24.0 Å². The fraction of sp³-hybridized carbons (Fsp3) is 0.667. The van der Waals surface area contributed by atoms with Crippen molar-refractivity contribution in [3.63, 3.8) is 0 Å². The topological polar surface area (TPSA) is 62.5 Å². The van der Waals surface area contributed by atoms with Crippen LogP contribution >= 0.6 is 24.0 Å². The highest BCUT2D eigenvalue weighted by Gasteiger charge is 2.19. The van der Waals surface area contributed by atoms with E-state index in [9.17, 15) is 8.78 Å². The number of halogens is 3. The maximum absolute atomic E-state index is 12.1. The number of oxazole rings is 1. The van der Waals surface area contributed by atoms with Gasteiger partial charge in [0.1, 0.15) is 5.76 Å². The van der Waals surface area contributed by atoms with Crippen LogP contribution in [0.4, 0.5) is 8.78 Å². The van der Waals surface area contributed by atoms with Gasteiger partial charge < -0.3 is 15.1 Å². The van der Waals surface area contributed by atoms with Crippen molar-refractivity contribution in [2.45, 2.75) is 39.2 Å². The van der Waals surface area contributed by atoms with Crippen LogP contribution in [-0.4, -0.2) is 31.0 Å². The van der Waals surface area contributed by atoms with Crippen LogP contribution in [0, 0.1) is 0 Å². The Hall–Kier alpha value is -0.930. The second kappa shape index (κ2) is 8.38. The third-order valence-electron chi connectivity index (χ3n) is 2.35. The molecule has 0 amide bonds. The van der Waals surface area contributed by atoms with E-state index in [-0.39, 0.29) is 35.4 Å². The molecule has 1 rings (SSSR count). The highest BCUT2D eigenvalue weighted by Crippen LogP contribution is 2.22. The summed E-state index contributed by atoms with van der Waals surface area (Å²) in [6, 6.07) is 0. The van der Waals surface area contributed by atoms with Gasteiger partial charge in [0, 0.05) is 12.5 Å². The van der Waals surface area contributed by atoms with Crippen molar-refractivity contribution in [2.24, 2.45) is 4.99 Å². The maximum atomic E-state index is 12.1. The van der Waals surface area contributed by atoms with E-state index >= 15 is 0 Å². The third-order valence-corrected chi connectivity index (χ3v) is 2.35. The van der Waals surface area contributed by atoms with Crippen LogP contribution in [0.25, 0.3) is 0 Å². The zero-order chi connectivity index (χ0) is 14.5. The number of hydrogen-bond acceptors (Lipinski definition) is 3. The van der Waals surface area contributed by atoms with E-state index < -0.39 is 13.0 Å². The van der Waals surface area contributed by atoms with Crippen molar-refractivity contribution in [1.82, 2.24) is 15.6 Å². The Morgan fingerprint density at radius 2 is 2.05 bits per heavy atom. The molecule has 0 aliphatic rings. The zero-order valence-electron chi connectivity index (χ0n) is 12.0. The lowest BCUT2D eigenvalue weighted by Crippen LogP contribution is -2.39. The summed E-state index contributed by atoms with van der Waals surface area (Å²) in [4.78, 5) is 7.95. The van der Waals surface area contributed by atoms with Crippen LogP contribution in [0.15, 0.2) is 15.6 Å². The number of guanidine groups is 1. The standard InChI is InChI=1S/C12H20F2N4O.HI/c1-12(2,3)8-5-16-10(19-8)7-18-11(15-4)17-6-9(13)14;/h5,9H,6-7H2,1-4H3,(H2,15,17,18);1H. The summed E-state index contributed by atoms with van der Waals surface area (Å²) in [7, 11) is 1.51. The van der Waals surface area contributed by atoms with Crippen molar-refractivity contribution in [3.8, 4) is 0 Å². The monoisotopic (exact) mass is 402 g/mol. The average molecular weight is 402 g/mol. The van der Waals surface area contributed by atoms with Crippen LogP contribution < -0.4 is 10.6 Å². The first-order chi connectivity index (χ1) is 8.82. The van der Waals surface area contributed by atoms with Gasteiger partial charge in [0.05, 0.1) is 19.3 Å². The summed E-state index contributed by atoms with van der Waals surface area (Å²) in [6.07, 6.45) is -0.750. The predicted octanol–water partition coefficient (Wildman–Crippen LogP) is 2.52. The summed E-state index contributed by atoms with van der Waals surface area (Å²) in [5, 5.41) is 5.35. The Bertz CT molecular complexity index is 429. The molecule has 1 aromatic rings. The minimum absolute atomic E-state index is 0. The number of aromatic nitrogens is 1. The molecule has 0 aliphatic carbocycles. The fourth-order valence-electron chi connectivity index (χ4n) is 1.29. The molecule has 8 heteroatoms. The average Bonchev–Trinajstić information content (AvgIpc) is 2.77. The van der Waals surface area contributed by atoms with Crippen molar-refractivity contribution in [2.75, 3.05) is 13.6 Å². The normalized spacial score (nSPS) is 12.2. The Balaban J connectivity index is 0.00000361. The van der Waals surface area contributed by atoms with Crippen molar-refractivity contribution >= 4 is 29.9 Å². The molecule has 0 fully saturated rings. The minimum Gasteiger partial charge on any atom is -0.443 e. The molecular weight excluding hydrogens is 381 g/mol. The van der Waals surface area contributed by atoms with E-state index in [1.54, 1.807) is 6.20 Å². The maximum Gasteiger partial charge on any atom is 0.255 e. The summed E-state index contributed by atoms with van der Waals surface area (Å²) in [6.45, 7) is 5.91. The predicted molar refractivity (Wildman–Crippen MR) is 84.8 cm³/mol. The van der Waals surface area contributed by atoms with Gasteiger partial charge in [0.25, 0.3) is 6.43 Å². The molecule has 5 nitrogen and oxygen atoms in total. The molecule has 0 aliphatic heterocycles. The number of aliphatic imine (C=N–C) groups is 1. The van der Waals surface area contributed by atoms with Gasteiger partial charge in [-0.2, -0.15) is 0 Å². The first-order valence-electron chi connectivity index (χ1n) is 6.00. The van der Waals surface area contributed by atoms with E-state index in [0.29, 0.717) is 12.4 Å². The Kier molecular flexibility index (Phi) is 7.99. The molecule has 1 aromatic heterocycles. The molecule has 0 spiro atoms. The molecule has 116 valence electrons. The molecule has 0 unspecified atom stereocenters. The van der Waals surface area contributed by atoms with Gasteiger partial charge in [-0.05, 0) is 0 Å². The first-order valence-corrected chi connectivity index (χ1v) is 6.00. The molecule has 0 saturated carbocycles. The van der Waals surface area contributed by atoms with Crippen molar-refractivity contribution < 1.29 is 13.2 Å². The second-order valence-corrected chi connectivity index (χ2v) is 5.07.